The lowest BCUT2D eigenvalue weighted by Crippen LogP contribution is -2.44. The smallest absolute Gasteiger partial charge is 0.0253 e. The third-order valence-electron chi connectivity index (χ3n) is 2.73. The molecule has 0 spiro atoms. The Labute approximate surface area is 81.1 Å². The fourth-order valence-corrected chi connectivity index (χ4v) is 2.10. The Morgan fingerprint density at radius 1 is 1.23 bits per heavy atom. The van der Waals surface area contributed by atoms with Gasteiger partial charge in [0.25, 0.3) is 0 Å². The number of nitrogens with zero attached hydrogens (tertiary/aromatic N) is 1. The van der Waals surface area contributed by atoms with E-state index in [2.05, 4.69) is 18.1 Å². The standard InChI is InChI=1S/C11H20N2/c1-3-8-13(9-4-2)11-7-5-6-10(11)12/h3-4,10-11H,1-2,5-9,12H2/t10-,11-/m0/s1. The van der Waals surface area contributed by atoms with Crippen molar-refractivity contribution in [1.82, 2.24) is 4.90 Å². The summed E-state index contributed by atoms with van der Waals surface area (Å²) in [7, 11) is 0. The average molecular weight is 180 g/mol. The molecule has 0 saturated heterocycles. The zero-order valence-corrected chi connectivity index (χ0v) is 8.28. The predicted molar refractivity (Wildman–Crippen MR) is 57.6 cm³/mol. The van der Waals surface area contributed by atoms with Crippen molar-refractivity contribution in [1.29, 1.82) is 0 Å². The van der Waals surface area contributed by atoms with E-state index < -0.39 is 0 Å². The van der Waals surface area contributed by atoms with E-state index in [1.807, 2.05) is 12.2 Å². The first-order valence-electron chi connectivity index (χ1n) is 5.01. The second kappa shape index (κ2) is 5.20. The maximum atomic E-state index is 6.03. The Morgan fingerprint density at radius 3 is 2.23 bits per heavy atom. The topological polar surface area (TPSA) is 29.3 Å². The van der Waals surface area contributed by atoms with Crippen molar-refractivity contribution in [3.05, 3.63) is 25.3 Å². The van der Waals surface area contributed by atoms with Gasteiger partial charge in [0.1, 0.15) is 0 Å². The molecule has 1 rings (SSSR count). The van der Waals surface area contributed by atoms with Gasteiger partial charge in [-0.15, -0.1) is 13.2 Å². The highest BCUT2D eigenvalue weighted by Gasteiger charge is 2.27. The molecule has 1 aliphatic carbocycles. The maximum Gasteiger partial charge on any atom is 0.0253 e. The third kappa shape index (κ3) is 2.68. The molecule has 13 heavy (non-hydrogen) atoms. The van der Waals surface area contributed by atoms with Crippen LogP contribution in [0.5, 0.6) is 0 Å². The SMILES string of the molecule is C=CCN(CC=C)[C@H]1CCC[C@@H]1N. The van der Waals surface area contributed by atoms with Crippen molar-refractivity contribution in [3.63, 3.8) is 0 Å². The Hall–Kier alpha value is -0.600. The lowest BCUT2D eigenvalue weighted by atomic mass is 10.1. The number of hydrogen-bond donors (Lipinski definition) is 1. The number of hydrogen-bond acceptors (Lipinski definition) is 2. The van der Waals surface area contributed by atoms with Crippen LogP contribution in [0, 0.1) is 0 Å². The monoisotopic (exact) mass is 180 g/mol. The normalized spacial score (nSPS) is 27.8. The van der Waals surface area contributed by atoms with E-state index in [4.69, 9.17) is 5.73 Å². The quantitative estimate of drug-likeness (QED) is 0.650. The summed E-state index contributed by atoms with van der Waals surface area (Å²) in [6.45, 7) is 9.37. The van der Waals surface area contributed by atoms with E-state index in [9.17, 15) is 0 Å². The number of nitrogens with two attached hydrogens (primary N) is 1. The van der Waals surface area contributed by atoms with Crippen LogP contribution < -0.4 is 5.73 Å². The van der Waals surface area contributed by atoms with Crippen molar-refractivity contribution < 1.29 is 0 Å². The highest BCUT2D eigenvalue weighted by Crippen LogP contribution is 2.22. The highest BCUT2D eigenvalue weighted by molar-refractivity contribution is 4.92. The minimum Gasteiger partial charge on any atom is -0.326 e. The summed E-state index contributed by atoms with van der Waals surface area (Å²) in [5.41, 5.74) is 6.03. The van der Waals surface area contributed by atoms with Gasteiger partial charge in [-0.3, -0.25) is 4.90 Å². The fraction of sp³-hybridized carbons (Fsp3) is 0.636. The van der Waals surface area contributed by atoms with Gasteiger partial charge in [0.2, 0.25) is 0 Å². The molecule has 0 amide bonds. The zero-order chi connectivity index (χ0) is 9.68. The molecule has 2 atom stereocenters. The molecule has 2 heteroatoms. The van der Waals surface area contributed by atoms with Crippen molar-refractivity contribution in [2.45, 2.75) is 31.3 Å². The van der Waals surface area contributed by atoms with Gasteiger partial charge in [0.05, 0.1) is 0 Å². The van der Waals surface area contributed by atoms with E-state index in [0.29, 0.717) is 12.1 Å². The Kier molecular flexibility index (Phi) is 4.19. The maximum absolute atomic E-state index is 6.03. The molecule has 0 bridgehead atoms. The molecule has 2 N–H and O–H groups in total. The summed E-state index contributed by atoms with van der Waals surface area (Å²) in [6.07, 6.45) is 7.53. The molecule has 1 fully saturated rings. The molecule has 74 valence electrons. The van der Waals surface area contributed by atoms with E-state index in [0.717, 1.165) is 19.5 Å². The van der Waals surface area contributed by atoms with Crippen LogP contribution in [0.25, 0.3) is 0 Å². The van der Waals surface area contributed by atoms with Crippen LogP contribution in [-0.4, -0.2) is 30.1 Å². The lowest BCUT2D eigenvalue weighted by Gasteiger charge is -2.29. The second-order valence-electron chi connectivity index (χ2n) is 3.69. The molecule has 0 aromatic carbocycles. The van der Waals surface area contributed by atoms with E-state index in [1.165, 1.54) is 12.8 Å². The fourth-order valence-electron chi connectivity index (χ4n) is 2.10. The van der Waals surface area contributed by atoms with Gasteiger partial charge < -0.3 is 5.73 Å². The summed E-state index contributed by atoms with van der Waals surface area (Å²) < 4.78 is 0. The van der Waals surface area contributed by atoms with E-state index in [1.54, 1.807) is 0 Å². The van der Waals surface area contributed by atoms with Crippen LogP contribution in [0.3, 0.4) is 0 Å². The minimum atomic E-state index is 0.347. The van der Waals surface area contributed by atoms with E-state index in [-0.39, 0.29) is 0 Å². The minimum absolute atomic E-state index is 0.347. The second-order valence-corrected chi connectivity index (χ2v) is 3.69. The molecule has 0 aromatic rings. The first-order valence-corrected chi connectivity index (χ1v) is 5.01. The Morgan fingerprint density at radius 2 is 1.85 bits per heavy atom. The summed E-state index contributed by atoms with van der Waals surface area (Å²) in [6, 6.07) is 0.885. The van der Waals surface area contributed by atoms with Crippen LogP contribution in [-0.2, 0) is 0 Å². The molecule has 0 heterocycles. The van der Waals surface area contributed by atoms with Crippen molar-refractivity contribution >= 4 is 0 Å². The zero-order valence-electron chi connectivity index (χ0n) is 8.28. The molecule has 1 saturated carbocycles. The largest absolute Gasteiger partial charge is 0.326 e. The summed E-state index contributed by atoms with van der Waals surface area (Å²) in [5, 5.41) is 0. The van der Waals surface area contributed by atoms with Crippen molar-refractivity contribution in [2.75, 3.05) is 13.1 Å². The lowest BCUT2D eigenvalue weighted by molar-refractivity contribution is 0.226. The van der Waals surface area contributed by atoms with Crippen LogP contribution in [0.15, 0.2) is 25.3 Å². The summed E-state index contributed by atoms with van der Waals surface area (Å²) in [4.78, 5) is 2.36. The summed E-state index contributed by atoms with van der Waals surface area (Å²) in [5.74, 6) is 0. The molecule has 0 radical (unpaired) electrons. The van der Waals surface area contributed by atoms with Crippen LogP contribution in [0.4, 0.5) is 0 Å². The van der Waals surface area contributed by atoms with Gasteiger partial charge in [-0.2, -0.15) is 0 Å². The van der Waals surface area contributed by atoms with Crippen LogP contribution in [0.1, 0.15) is 19.3 Å². The van der Waals surface area contributed by atoms with Crippen molar-refractivity contribution in [3.8, 4) is 0 Å². The highest BCUT2D eigenvalue weighted by atomic mass is 15.2. The van der Waals surface area contributed by atoms with Gasteiger partial charge in [-0.1, -0.05) is 18.6 Å². The van der Waals surface area contributed by atoms with Gasteiger partial charge in [-0.25, -0.2) is 0 Å². The summed E-state index contributed by atoms with van der Waals surface area (Å²) >= 11 is 0. The Bertz CT molecular complexity index is 167. The first kappa shape index (κ1) is 10.5. The molecule has 1 aliphatic rings. The molecule has 2 nitrogen and oxygen atoms in total. The first-order chi connectivity index (χ1) is 6.29. The van der Waals surface area contributed by atoms with Gasteiger partial charge in [0, 0.05) is 25.2 Å². The molecule has 0 aliphatic heterocycles. The van der Waals surface area contributed by atoms with Crippen LogP contribution >= 0.6 is 0 Å². The van der Waals surface area contributed by atoms with Crippen LogP contribution in [0.2, 0.25) is 0 Å². The van der Waals surface area contributed by atoms with Gasteiger partial charge in [-0.05, 0) is 12.8 Å². The Balaban J connectivity index is 2.51. The number of rotatable bonds is 5. The molecule has 0 aromatic heterocycles. The van der Waals surface area contributed by atoms with Gasteiger partial charge in [0.15, 0.2) is 0 Å². The average Bonchev–Trinajstić information content (AvgIpc) is 2.51. The molecule has 0 unspecified atom stereocenters. The van der Waals surface area contributed by atoms with Gasteiger partial charge >= 0.3 is 0 Å². The molecular formula is C11H20N2. The predicted octanol–water partition coefficient (Wildman–Crippen LogP) is 1.54. The third-order valence-corrected chi connectivity index (χ3v) is 2.73. The van der Waals surface area contributed by atoms with Crippen molar-refractivity contribution in [2.24, 2.45) is 5.73 Å². The molecular weight excluding hydrogens is 160 g/mol. The van der Waals surface area contributed by atoms with E-state index >= 15 is 0 Å².